The molecule has 2 aliphatic rings. The SMILES string of the molecule is [CH2]CN1CCC(c2ccc(NC3CCC(=O)NC3=O)cc2F)CC1. The average molecular weight is 332 g/mol. The van der Waals surface area contributed by atoms with Gasteiger partial charge >= 0.3 is 0 Å². The number of piperidine rings is 2. The fraction of sp³-hybridized carbons (Fsp3) is 0.500. The molecule has 1 aromatic carbocycles. The van der Waals surface area contributed by atoms with Gasteiger partial charge in [0.05, 0.1) is 0 Å². The van der Waals surface area contributed by atoms with Crippen molar-refractivity contribution in [2.45, 2.75) is 37.6 Å². The number of nitrogens with one attached hydrogen (secondary N) is 2. The van der Waals surface area contributed by atoms with E-state index in [0.717, 1.165) is 38.0 Å². The highest BCUT2D eigenvalue weighted by Gasteiger charge is 2.27. The zero-order valence-corrected chi connectivity index (χ0v) is 13.7. The molecule has 2 aliphatic heterocycles. The van der Waals surface area contributed by atoms with E-state index in [2.05, 4.69) is 22.5 Å². The molecule has 1 unspecified atom stereocenters. The average Bonchev–Trinajstić information content (AvgIpc) is 2.58. The van der Waals surface area contributed by atoms with E-state index in [-0.39, 0.29) is 23.5 Å². The largest absolute Gasteiger partial charge is 0.374 e. The van der Waals surface area contributed by atoms with E-state index in [4.69, 9.17) is 0 Å². The van der Waals surface area contributed by atoms with Crippen LogP contribution in [0.4, 0.5) is 10.1 Å². The molecule has 0 spiro atoms. The Hall–Kier alpha value is -1.95. The molecule has 2 saturated heterocycles. The van der Waals surface area contributed by atoms with Crippen molar-refractivity contribution in [1.29, 1.82) is 0 Å². The number of likely N-dealkylation sites (tertiary alicyclic amines) is 1. The van der Waals surface area contributed by atoms with Crippen LogP contribution in [-0.4, -0.2) is 42.4 Å². The van der Waals surface area contributed by atoms with Gasteiger partial charge < -0.3 is 10.2 Å². The Morgan fingerprint density at radius 3 is 2.62 bits per heavy atom. The molecule has 0 aromatic heterocycles. The fourth-order valence-electron chi connectivity index (χ4n) is 3.45. The van der Waals surface area contributed by atoms with Crippen molar-refractivity contribution in [2.24, 2.45) is 0 Å². The summed E-state index contributed by atoms with van der Waals surface area (Å²) in [6.45, 7) is 6.58. The van der Waals surface area contributed by atoms with Crippen LogP contribution < -0.4 is 10.6 Å². The number of nitrogens with zero attached hydrogens (tertiary/aromatic N) is 1. The Morgan fingerprint density at radius 1 is 1.25 bits per heavy atom. The van der Waals surface area contributed by atoms with Gasteiger partial charge in [-0.25, -0.2) is 4.39 Å². The van der Waals surface area contributed by atoms with E-state index in [1.165, 1.54) is 6.07 Å². The van der Waals surface area contributed by atoms with Crippen molar-refractivity contribution in [3.05, 3.63) is 36.5 Å². The number of hydrogen-bond acceptors (Lipinski definition) is 4. The van der Waals surface area contributed by atoms with Crippen LogP contribution in [0.15, 0.2) is 18.2 Å². The maximum absolute atomic E-state index is 14.5. The van der Waals surface area contributed by atoms with Gasteiger partial charge in [0, 0.05) is 12.1 Å². The monoisotopic (exact) mass is 332 g/mol. The van der Waals surface area contributed by atoms with Gasteiger partial charge in [-0.1, -0.05) is 6.07 Å². The molecule has 6 heteroatoms. The lowest BCUT2D eigenvalue weighted by Crippen LogP contribution is -2.47. The molecule has 1 aromatic rings. The highest BCUT2D eigenvalue weighted by molar-refractivity contribution is 6.01. The summed E-state index contributed by atoms with van der Waals surface area (Å²) in [5.41, 5.74) is 1.31. The van der Waals surface area contributed by atoms with Gasteiger partial charge in [-0.05, 0) is 69.4 Å². The minimum Gasteiger partial charge on any atom is -0.374 e. The van der Waals surface area contributed by atoms with Crippen LogP contribution in [-0.2, 0) is 9.59 Å². The van der Waals surface area contributed by atoms with Crippen LogP contribution in [0, 0.1) is 12.7 Å². The van der Waals surface area contributed by atoms with Gasteiger partial charge in [0.2, 0.25) is 11.8 Å². The Balaban J connectivity index is 1.64. The number of carbonyl (C=O) groups excluding carboxylic acids is 2. The van der Waals surface area contributed by atoms with Crippen molar-refractivity contribution in [3.63, 3.8) is 0 Å². The summed E-state index contributed by atoms with van der Waals surface area (Å²) >= 11 is 0. The number of hydrogen-bond donors (Lipinski definition) is 2. The first-order chi connectivity index (χ1) is 11.6. The molecule has 0 aliphatic carbocycles. The van der Waals surface area contributed by atoms with Gasteiger partial charge in [-0.3, -0.25) is 14.9 Å². The summed E-state index contributed by atoms with van der Waals surface area (Å²) < 4.78 is 14.5. The first-order valence-electron chi connectivity index (χ1n) is 8.48. The molecule has 0 bridgehead atoms. The molecular weight excluding hydrogens is 309 g/mol. The third-order valence-corrected chi connectivity index (χ3v) is 4.92. The van der Waals surface area contributed by atoms with Crippen molar-refractivity contribution in [3.8, 4) is 0 Å². The van der Waals surface area contributed by atoms with E-state index in [1.54, 1.807) is 0 Å². The summed E-state index contributed by atoms with van der Waals surface area (Å²) in [5.74, 6) is -0.609. The standard InChI is InChI=1S/C18H23FN3O2/c1-2-22-9-7-12(8-10-22)14-4-3-13(11-15(14)19)20-16-5-6-17(23)21-18(16)24/h3-4,11-12,16,20H,1-2,5-10H2,(H,21,23,24). The second kappa shape index (κ2) is 7.30. The minimum absolute atomic E-state index is 0.234. The number of benzene rings is 1. The van der Waals surface area contributed by atoms with Crippen LogP contribution in [0.1, 0.15) is 37.2 Å². The molecule has 2 fully saturated rings. The Bertz CT molecular complexity index is 627. The van der Waals surface area contributed by atoms with Crippen LogP contribution in [0.5, 0.6) is 0 Å². The topological polar surface area (TPSA) is 61.4 Å². The lowest BCUT2D eigenvalue weighted by atomic mass is 9.89. The fourth-order valence-corrected chi connectivity index (χ4v) is 3.45. The van der Waals surface area contributed by atoms with Crippen LogP contribution in [0.2, 0.25) is 0 Å². The van der Waals surface area contributed by atoms with Gasteiger partial charge in [-0.2, -0.15) is 0 Å². The van der Waals surface area contributed by atoms with Crippen LogP contribution >= 0.6 is 0 Å². The molecule has 2 heterocycles. The van der Waals surface area contributed by atoms with Crippen LogP contribution in [0.25, 0.3) is 0 Å². The van der Waals surface area contributed by atoms with Crippen LogP contribution in [0.3, 0.4) is 0 Å². The Labute approximate surface area is 141 Å². The van der Waals surface area contributed by atoms with Crippen molar-refractivity contribution in [1.82, 2.24) is 10.2 Å². The summed E-state index contributed by atoms with van der Waals surface area (Å²) in [7, 11) is 0. The van der Waals surface area contributed by atoms with Gasteiger partial charge in [0.1, 0.15) is 11.9 Å². The molecule has 24 heavy (non-hydrogen) atoms. The zero-order chi connectivity index (χ0) is 17.1. The molecule has 5 nitrogen and oxygen atoms in total. The first kappa shape index (κ1) is 16.9. The number of rotatable bonds is 4. The molecule has 2 N–H and O–H groups in total. The highest BCUT2D eigenvalue weighted by Crippen LogP contribution is 2.31. The van der Waals surface area contributed by atoms with Gasteiger partial charge in [0.25, 0.3) is 0 Å². The van der Waals surface area contributed by atoms with Crippen molar-refractivity contribution >= 4 is 17.5 Å². The number of amides is 2. The maximum atomic E-state index is 14.5. The highest BCUT2D eigenvalue weighted by atomic mass is 19.1. The predicted octanol–water partition coefficient (Wildman–Crippen LogP) is 2.06. The molecule has 2 amide bonds. The van der Waals surface area contributed by atoms with E-state index < -0.39 is 6.04 Å². The predicted molar refractivity (Wildman–Crippen MR) is 90.0 cm³/mol. The first-order valence-corrected chi connectivity index (χ1v) is 8.48. The quantitative estimate of drug-likeness (QED) is 0.829. The Morgan fingerprint density at radius 2 is 2.00 bits per heavy atom. The maximum Gasteiger partial charge on any atom is 0.249 e. The lowest BCUT2D eigenvalue weighted by Gasteiger charge is -2.31. The molecule has 129 valence electrons. The number of anilines is 1. The molecule has 1 atom stereocenters. The van der Waals surface area contributed by atoms with E-state index >= 15 is 0 Å². The number of halogens is 1. The third kappa shape index (κ3) is 3.75. The molecule has 0 saturated carbocycles. The lowest BCUT2D eigenvalue weighted by molar-refractivity contribution is -0.133. The smallest absolute Gasteiger partial charge is 0.249 e. The van der Waals surface area contributed by atoms with E-state index in [9.17, 15) is 14.0 Å². The summed E-state index contributed by atoms with van der Waals surface area (Å²) in [5, 5.41) is 5.31. The second-order valence-electron chi connectivity index (χ2n) is 6.50. The Kier molecular flexibility index (Phi) is 5.14. The van der Waals surface area contributed by atoms with Crippen molar-refractivity contribution < 1.29 is 14.0 Å². The van der Waals surface area contributed by atoms with E-state index in [0.29, 0.717) is 18.5 Å². The number of imide groups is 1. The minimum atomic E-state index is -0.492. The molecule has 1 radical (unpaired) electrons. The molecule has 3 rings (SSSR count). The summed E-state index contributed by atoms with van der Waals surface area (Å²) in [6.07, 6.45) is 2.60. The number of carbonyl (C=O) groups is 2. The zero-order valence-electron chi connectivity index (χ0n) is 13.7. The third-order valence-electron chi connectivity index (χ3n) is 4.92. The van der Waals surface area contributed by atoms with E-state index in [1.807, 2.05) is 12.1 Å². The summed E-state index contributed by atoms with van der Waals surface area (Å²) in [6, 6.07) is 4.59. The van der Waals surface area contributed by atoms with Gasteiger partial charge in [-0.15, -0.1) is 0 Å². The van der Waals surface area contributed by atoms with Gasteiger partial charge in [0.15, 0.2) is 0 Å². The summed E-state index contributed by atoms with van der Waals surface area (Å²) in [4.78, 5) is 25.2. The van der Waals surface area contributed by atoms with Crippen molar-refractivity contribution in [2.75, 3.05) is 25.0 Å². The normalized spacial score (nSPS) is 23.2. The second-order valence-corrected chi connectivity index (χ2v) is 6.50. The molecular formula is C18H23FN3O2.